The number of allylic oxidation sites excluding steroid dienone is 1. The molecule has 3 aliphatic heterocycles. The Morgan fingerprint density at radius 3 is 2.41 bits per heavy atom. The van der Waals surface area contributed by atoms with E-state index in [1.165, 1.54) is 39.0 Å². The van der Waals surface area contributed by atoms with E-state index in [0.717, 1.165) is 6.42 Å². The van der Waals surface area contributed by atoms with Crippen LogP contribution in [0.1, 0.15) is 79.1 Å². The standard InChI is InChI=1S/C26H41NO7/c1-5-6-7-8-9-15(2)12-16(3)10-11-19(29)27-18-14-26(34-24(18)30)22-20(32-22)25(31,13-17(4)28)21-23(26)33-21/h10-11,15-16,18,20-24,30-31H,5-9,12-14H2,1-4H3,(H,27,29)/b11-10+/t15?,16?,18-,20?,21?,22?,23?,24-,25?,26?/m0/s1. The van der Waals surface area contributed by atoms with E-state index in [-0.39, 0.29) is 18.1 Å². The Bertz CT molecular complexity index is 780. The van der Waals surface area contributed by atoms with E-state index in [4.69, 9.17) is 14.2 Å². The second-order valence-electron chi connectivity index (χ2n) is 11.1. The van der Waals surface area contributed by atoms with Crippen LogP contribution in [0.5, 0.6) is 0 Å². The highest BCUT2D eigenvalue weighted by Gasteiger charge is 2.83. The fourth-order valence-electron chi connectivity index (χ4n) is 6.17. The van der Waals surface area contributed by atoms with Crippen molar-refractivity contribution in [1.82, 2.24) is 5.32 Å². The number of unbranched alkanes of at least 4 members (excludes halogenated alkanes) is 3. The molecular formula is C26H41NO7. The number of hydrogen-bond acceptors (Lipinski definition) is 7. The predicted molar refractivity (Wildman–Crippen MR) is 125 cm³/mol. The van der Waals surface area contributed by atoms with Crippen LogP contribution in [0.15, 0.2) is 12.2 Å². The van der Waals surface area contributed by atoms with Crippen molar-refractivity contribution in [3.63, 3.8) is 0 Å². The van der Waals surface area contributed by atoms with E-state index in [1.807, 2.05) is 6.08 Å². The first-order chi connectivity index (χ1) is 16.1. The van der Waals surface area contributed by atoms with E-state index in [1.54, 1.807) is 6.08 Å². The molecule has 4 rings (SSSR count). The molecule has 0 aromatic carbocycles. The molecule has 1 spiro atoms. The van der Waals surface area contributed by atoms with E-state index >= 15 is 0 Å². The first-order valence-electron chi connectivity index (χ1n) is 13.0. The topological polar surface area (TPSA) is 121 Å². The third-order valence-corrected chi connectivity index (χ3v) is 7.92. The van der Waals surface area contributed by atoms with E-state index in [0.29, 0.717) is 18.3 Å². The average molecular weight is 480 g/mol. The Hall–Kier alpha value is -1.32. The van der Waals surface area contributed by atoms with Gasteiger partial charge in [-0.15, -0.1) is 0 Å². The molecule has 3 N–H and O–H groups in total. The molecule has 1 saturated carbocycles. The maximum Gasteiger partial charge on any atom is 0.244 e. The number of ether oxygens (including phenoxy) is 3. The fourth-order valence-corrected chi connectivity index (χ4v) is 6.17. The molecule has 4 fully saturated rings. The molecule has 0 bridgehead atoms. The Morgan fingerprint density at radius 2 is 1.79 bits per heavy atom. The van der Waals surface area contributed by atoms with Gasteiger partial charge in [0.25, 0.3) is 0 Å². The summed E-state index contributed by atoms with van der Waals surface area (Å²) in [6, 6.07) is -0.598. The lowest BCUT2D eigenvalue weighted by atomic mass is 9.72. The number of carbonyl (C=O) groups is 2. The zero-order chi connectivity index (χ0) is 24.7. The van der Waals surface area contributed by atoms with Crippen LogP contribution in [0, 0.1) is 11.8 Å². The molecule has 1 amide bonds. The van der Waals surface area contributed by atoms with Crippen LogP contribution in [-0.2, 0) is 23.8 Å². The van der Waals surface area contributed by atoms with Crippen molar-refractivity contribution in [2.24, 2.45) is 11.8 Å². The Labute approximate surface area is 202 Å². The summed E-state index contributed by atoms with van der Waals surface area (Å²) in [5.41, 5.74) is -2.27. The first kappa shape index (κ1) is 25.8. The summed E-state index contributed by atoms with van der Waals surface area (Å²) in [4.78, 5) is 24.2. The summed E-state index contributed by atoms with van der Waals surface area (Å²) in [7, 11) is 0. The normalized spacial score (nSPS) is 41.7. The number of rotatable bonds is 12. The number of hydrogen-bond donors (Lipinski definition) is 3. The molecule has 4 aliphatic rings. The summed E-state index contributed by atoms with van der Waals surface area (Å²) in [5.74, 6) is 0.515. The second kappa shape index (κ2) is 9.97. The van der Waals surface area contributed by atoms with Gasteiger partial charge in [-0.3, -0.25) is 9.59 Å². The fraction of sp³-hybridized carbons (Fsp3) is 0.846. The van der Waals surface area contributed by atoms with Crippen LogP contribution in [0.25, 0.3) is 0 Å². The highest BCUT2D eigenvalue weighted by Crippen LogP contribution is 2.62. The number of nitrogens with one attached hydrogen (secondary N) is 1. The monoisotopic (exact) mass is 479 g/mol. The van der Waals surface area contributed by atoms with E-state index in [9.17, 15) is 19.8 Å². The van der Waals surface area contributed by atoms with Crippen LogP contribution >= 0.6 is 0 Å². The number of aliphatic hydroxyl groups excluding tert-OH is 1. The average Bonchev–Trinajstić information content (AvgIpc) is 3.66. The van der Waals surface area contributed by atoms with Gasteiger partial charge in [0.05, 0.1) is 6.04 Å². The zero-order valence-corrected chi connectivity index (χ0v) is 20.9. The summed E-state index contributed by atoms with van der Waals surface area (Å²) < 4.78 is 17.4. The number of carbonyl (C=O) groups excluding carboxylic acids is 2. The quantitative estimate of drug-likeness (QED) is 0.223. The largest absolute Gasteiger partial charge is 0.384 e. The van der Waals surface area contributed by atoms with Crippen molar-refractivity contribution in [3.8, 4) is 0 Å². The molecule has 3 heterocycles. The smallest absolute Gasteiger partial charge is 0.244 e. The van der Waals surface area contributed by atoms with Crippen molar-refractivity contribution < 1.29 is 34.0 Å². The molecule has 8 nitrogen and oxygen atoms in total. The summed E-state index contributed by atoms with van der Waals surface area (Å²) in [6.45, 7) is 8.04. The molecule has 6 unspecified atom stereocenters. The first-order valence-corrected chi connectivity index (χ1v) is 13.0. The van der Waals surface area contributed by atoms with Gasteiger partial charge < -0.3 is 29.7 Å². The molecule has 8 heteroatoms. The maximum atomic E-state index is 12.6. The third kappa shape index (κ3) is 5.12. The van der Waals surface area contributed by atoms with Gasteiger partial charge in [0, 0.05) is 12.8 Å². The number of fused-ring (bicyclic) bond motifs is 4. The van der Waals surface area contributed by atoms with Crippen molar-refractivity contribution in [1.29, 1.82) is 0 Å². The molecular weight excluding hydrogens is 438 g/mol. The van der Waals surface area contributed by atoms with Crippen molar-refractivity contribution in [3.05, 3.63) is 12.2 Å². The van der Waals surface area contributed by atoms with Crippen molar-refractivity contribution in [2.75, 3.05) is 0 Å². The molecule has 0 aromatic rings. The lowest BCUT2D eigenvalue weighted by Gasteiger charge is -2.33. The molecule has 0 aromatic heterocycles. The predicted octanol–water partition coefficient (Wildman–Crippen LogP) is 2.40. The highest BCUT2D eigenvalue weighted by atomic mass is 16.7. The SMILES string of the molecule is CCCCCCC(C)CC(C)/C=C/C(=O)N[C@H]1CC2(O[C@@H]1O)C1OC1C(O)(CC(C)=O)C1OC12. The summed E-state index contributed by atoms with van der Waals surface area (Å²) in [5, 5.41) is 24.4. The van der Waals surface area contributed by atoms with Crippen LogP contribution in [0.4, 0.5) is 0 Å². The van der Waals surface area contributed by atoms with Crippen molar-refractivity contribution in [2.45, 2.75) is 127 Å². The van der Waals surface area contributed by atoms with Crippen LogP contribution in [-0.4, -0.2) is 69.9 Å². The zero-order valence-electron chi connectivity index (χ0n) is 20.9. The Kier molecular flexibility index (Phi) is 7.56. The molecule has 34 heavy (non-hydrogen) atoms. The molecule has 3 saturated heterocycles. The van der Waals surface area contributed by atoms with Gasteiger partial charge >= 0.3 is 0 Å². The van der Waals surface area contributed by atoms with Gasteiger partial charge in [-0.05, 0) is 31.3 Å². The minimum atomic E-state index is -1.35. The van der Waals surface area contributed by atoms with Crippen LogP contribution in [0.2, 0.25) is 0 Å². The molecule has 8 atom stereocenters. The molecule has 0 radical (unpaired) electrons. The van der Waals surface area contributed by atoms with Gasteiger partial charge in [-0.1, -0.05) is 59.0 Å². The van der Waals surface area contributed by atoms with Crippen molar-refractivity contribution >= 4 is 11.7 Å². The maximum absolute atomic E-state index is 12.6. The number of ketones is 1. The van der Waals surface area contributed by atoms with Crippen LogP contribution in [0.3, 0.4) is 0 Å². The Morgan fingerprint density at radius 1 is 1.12 bits per heavy atom. The lowest BCUT2D eigenvalue weighted by molar-refractivity contribution is -0.161. The number of Topliss-reactive ketones (excluding diaryl/α,β-unsaturated/α-hetero) is 1. The van der Waals surface area contributed by atoms with Gasteiger partial charge in [-0.25, -0.2) is 0 Å². The Balaban J connectivity index is 1.26. The van der Waals surface area contributed by atoms with E-state index in [2.05, 4.69) is 26.1 Å². The minimum absolute atomic E-state index is 0.0333. The second-order valence-corrected chi connectivity index (χ2v) is 11.1. The minimum Gasteiger partial charge on any atom is -0.384 e. The third-order valence-electron chi connectivity index (χ3n) is 7.92. The van der Waals surface area contributed by atoms with Crippen LogP contribution < -0.4 is 5.32 Å². The molecule has 1 aliphatic carbocycles. The number of epoxide rings is 2. The highest BCUT2D eigenvalue weighted by molar-refractivity contribution is 5.87. The lowest BCUT2D eigenvalue weighted by Crippen LogP contribution is -2.57. The van der Waals surface area contributed by atoms with Gasteiger partial charge in [0.15, 0.2) is 6.29 Å². The number of aliphatic hydroxyl groups is 2. The molecule has 192 valence electrons. The van der Waals surface area contributed by atoms with Gasteiger partial charge in [0.2, 0.25) is 5.91 Å². The van der Waals surface area contributed by atoms with Gasteiger partial charge in [-0.2, -0.15) is 0 Å². The summed E-state index contributed by atoms with van der Waals surface area (Å²) >= 11 is 0. The number of amides is 1. The summed E-state index contributed by atoms with van der Waals surface area (Å²) in [6.07, 6.45) is 7.87. The van der Waals surface area contributed by atoms with Gasteiger partial charge in [0.1, 0.15) is 41.4 Å². The van der Waals surface area contributed by atoms with E-state index < -0.39 is 47.9 Å².